The average molecular weight is 531 g/mol. The quantitative estimate of drug-likeness (QED) is 0.460. The lowest BCUT2D eigenvalue weighted by Crippen LogP contribution is -2.44. The molecule has 2 saturated heterocycles. The van der Waals surface area contributed by atoms with Gasteiger partial charge in [-0.25, -0.2) is 16.8 Å². The van der Waals surface area contributed by atoms with Crippen LogP contribution >= 0.6 is 0 Å². The number of esters is 1. The molecule has 0 aliphatic carbocycles. The first kappa shape index (κ1) is 25.7. The van der Waals surface area contributed by atoms with Crippen molar-refractivity contribution in [2.75, 3.05) is 51.0 Å². The predicted octanol–water partition coefficient (Wildman–Crippen LogP) is 0.437. The van der Waals surface area contributed by atoms with Crippen LogP contribution in [0.15, 0.2) is 23.1 Å². The summed E-state index contributed by atoms with van der Waals surface area (Å²) in [7, 11) is -6.91. The van der Waals surface area contributed by atoms with Crippen molar-refractivity contribution in [3.8, 4) is 11.5 Å². The summed E-state index contributed by atoms with van der Waals surface area (Å²) >= 11 is 0. The van der Waals surface area contributed by atoms with Crippen molar-refractivity contribution in [2.24, 2.45) is 5.92 Å². The lowest BCUT2D eigenvalue weighted by molar-refractivity contribution is -0.157. The summed E-state index contributed by atoms with van der Waals surface area (Å²) in [6.45, 7) is 2.67. The fraction of sp³-hybridized carbons (Fsp3) is 0.636. The molecule has 0 N–H and O–H groups in total. The number of sulfone groups is 1. The molecule has 11 nitrogen and oxygen atoms in total. The van der Waals surface area contributed by atoms with Crippen LogP contribution in [0.25, 0.3) is 0 Å². The number of benzene rings is 1. The smallest absolute Gasteiger partial charge is 0.309 e. The van der Waals surface area contributed by atoms with Gasteiger partial charge in [0.15, 0.2) is 27.9 Å². The largest absolute Gasteiger partial charge is 0.486 e. The highest BCUT2D eigenvalue weighted by atomic mass is 32.2. The van der Waals surface area contributed by atoms with Gasteiger partial charge in [0.25, 0.3) is 5.91 Å². The van der Waals surface area contributed by atoms with E-state index >= 15 is 0 Å². The normalized spacial score (nSPS) is 22.5. The number of ether oxygens (including phenoxy) is 3. The van der Waals surface area contributed by atoms with Crippen molar-refractivity contribution in [1.82, 2.24) is 9.21 Å². The van der Waals surface area contributed by atoms with Crippen LogP contribution in [0.5, 0.6) is 11.5 Å². The molecule has 3 aliphatic rings. The van der Waals surface area contributed by atoms with Gasteiger partial charge in [-0.2, -0.15) is 4.31 Å². The molecule has 0 aromatic heterocycles. The summed E-state index contributed by atoms with van der Waals surface area (Å²) in [6.07, 6.45) is 0.927. The maximum atomic E-state index is 13.1. The third kappa shape index (κ3) is 5.72. The van der Waals surface area contributed by atoms with Gasteiger partial charge in [0, 0.05) is 31.7 Å². The Morgan fingerprint density at radius 3 is 2.43 bits per heavy atom. The van der Waals surface area contributed by atoms with Crippen LogP contribution < -0.4 is 9.47 Å². The first-order chi connectivity index (χ1) is 16.6. The molecule has 4 rings (SSSR count). The van der Waals surface area contributed by atoms with Crippen LogP contribution in [0.2, 0.25) is 0 Å². The summed E-state index contributed by atoms with van der Waals surface area (Å²) in [5.41, 5.74) is 0. The standard InChI is InChI=1S/C22H30N2O9S2/c1-2-24(17-7-12-34(27,28)15-17)21(25)14-33-22(26)16-5-8-23(9-6-16)35(29,30)18-3-4-19-20(13-18)32-11-10-31-19/h3-4,13,16-17H,2,5-12,14-15H2,1H3/t17-/m1/s1. The second-order valence-electron chi connectivity index (χ2n) is 8.83. The Balaban J connectivity index is 1.29. The third-order valence-electron chi connectivity index (χ3n) is 6.59. The minimum atomic E-state index is -3.77. The van der Waals surface area contributed by atoms with Gasteiger partial charge >= 0.3 is 5.97 Å². The van der Waals surface area contributed by atoms with E-state index < -0.39 is 50.3 Å². The van der Waals surface area contributed by atoms with Crippen LogP contribution in [0.1, 0.15) is 26.2 Å². The Bertz CT molecular complexity index is 1180. The summed E-state index contributed by atoms with van der Waals surface area (Å²) in [5.74, 6) is -0.631. The maximum Gasteiger partial charge on any atom is 0.309 e. The minimum absolute atomic E-state index is 0.0506. The second kappa shape index (κ2) is 10.3. The van der Waals surface area contributed by atoms with Crippen LogP contribution in [0.3, 0.4) is 0 Å². The number of carbonyl (C=O) groups excluding carboxylic acids is 2. The summed E-state index contributed by atoms with van der Waals surface area (Å²) in [4.78, 5) is 26.6. The first-order valence-corrected chi connectivity index (χ1v) is 14.9. The zero-order chi connectivity index (χ0) is 25.2. The molecule has 35 heavy (non-hydrogen) atoms. The number of rotatable bonds is 7. The van der Waals surface area contributed by atoms with E-state index in [9.17, 15) is 26.4 Å². The van der Waals surface area contributed by atoms with E-state index in [1.807, 2.05) is 0 Å². The molecule has 2 fully saturated rings. The predicted molar refractivity (Wildman–Crippen MR) is 124 cm³/mol. The molecule has 13 heteroatoms. The molecule has 0 radical (unpaired) electrons. The molecule has 1 amide bonds. The van der Waals surface area contributed by atoms with Gasteiger partial charge in [0.05, 0.1) is 22.3 Å². The highest BCUT2D eigenvalue weighted by molar-refractivity contribution is 7.91. The Morgan fingerprint density at radius 2 is 1.80 bits per heavy atom. The molecular weight excluding hydrogens is 500 g/mol. The van der Waals surface area contributed by atoms with Gasteiger partial charge in [-0.3, -0.25) is 9.59 Å². The molecule has 0 unspecified atom stereocenters. The Hall–Kier alpha value is -2.38. The van der Waals surface area contributed by atoms with Gasteiger partial charge < -0.3 is 19.1 Å². The molecule has 0 spiro atoms. The topological polar surface area (TPSA) is 137 Å². The maximum absolute atomic E-state index is 13.1. The highest BCUT2D eigenvalue weighted by Crippen LogP contribution is 2.34. The van der Waals surface area contributed by atoms with Gasteiger partial charge in [0.2, 0.25) is 10.0 Å². The van der Waals surface area contributed by atoms with Crippen LogP contribution in [0.4, 0.5) is 0 Å². The van der Waals surface area contributed by atoms with E-state index in [1.54, 1.807) is 13.0 Å². The fourth-order valence-corrected chi connectivity index (χ4v) is 7.87. The molecular formula is C22H30N2O9S2. The van der Waals surface area contributed by atoms with E-state index in [0.717, 1.165) is 0 Å². The summed E-state index contributed by atoms with van der Waals surface area (Å²) < 4.78 is 67.1. The fourth-order valence-electron chi connectivity index (χ4n) is 4.66. The van der Waals surface area contributed by atoms with Crippen molar-refractivity contribution in [2.45, 2.75) is 37.1 Å². The summed E-state index contributed by atoms with van der Waals surface area (Å²) in [5, 5.41) is 0. The van der Waals surface area contributed by atoms with Crippen LogP contribution in [-0.2, 0) is 34.2 Å². The highest BCUT2D eigenvalue weighted by Gasteiger charge is 2.36. The van der Waals surface area contributed by atoms with Gasteiger partial charge in [-0.15, -0.1) is 0 Å². The molecule has 3 aliphatic heterocycles. The Morgan fingerprint density at radius 1 is 1.11 bits per heavy atom. The zero-order valence-electron chi connectivity index (χ0n) is 19.6. The van der Waals surface area contributed by atoms with E-state index in [0.29, 0.717) is 37.7 Å². The van der Waals surface area contributed by atoms with E-state index in [2.05, 4.69) is 0 Å². The van der Waals surface area contributed by atoms with Crippen molar-refractivity contribution in [1.29, 1.82) is 0 Å². The number of piperidine rings is 1. The van der Waals surface area contributed by atoms with Crippen molar-refractivity contribution >= 4 is 31.7 Å². The number of sulfonamides is 1. The number of nitrogens with zero attached hydrogens (tertiary/aromatic N) is 2. The van der Waals surface area contributed by atoms with Gasteiger partial charge in [0.1, 0.15) is 13.2 Å². The van der Waals surface area contributed by atoms with Gasteiger partial charge in [-0.1, -0.05) is 0 Å². The number of likely N-dealkylation sites (N-methyl/N-ethyl adjacent to an activating group) is 1. The Kier molecular flexibility index (Phi) is 7.57. The SMILES string of the molecule is CCN(C(=O)COC(=O)C1CCN(S(=O)(=O)c2ccc3c(c2)OCCO3)CC1)[C@@H]1CCS(=O)(=O)C1. The lowest BCUT2D eigenvalue weighted by Gasteiger charge is -2.31. The zero-order valence-corrected chi connectivity index (χ0v) is 21.2. The average Bonchev–Trinajstić information content (AvgIpc) is 3.21. The molecule has 1 atom stereocenters. The second-order valence-corrected chi connectivity index (χ2v) is 13.0. The van der Waals surface area contributed by atoms with E-state index in [4.69, 9.17) is 14.2 Å². The van der Waals surface area contributed by atoms with Crippen LogP contribution in [0, 0.1) is 5.92 Å². The van der Waals surface area contributed by atoms with E-state index in [1.165, 1.54) is 21.3 Å². The van der Waals surface area contributed by atoms with Crippen molar-refractivity contribution < 1.29 is 40.6 Å². The third-order valence-corrected chi connectivity index (χ3v) is 10.2. The summed E-state index contributed by atoms with van der Waals surface area (Å²) in [6, 6.07) is 4.10. The number of amides is 1. The number of hydrogen-bond donors (Lipinski definition) is 0. The Labute approximate surface area is 205 Å². The van der Waals surface area contributed by atoms with Crippen LogP contribution in [-0.4, -0.2) is 94.9 Å². The molecule has 0 saturated carbocycles. The first-order valence-electron chi connectivity index (χ1n) is 11.7. The number of fused-ring (bicyclic) bond motifs is 1. The monoisotopic (exact) mass is 530 g/mol. The molecule has 0 bridgehead atoms. The van der Waals surface area contributed by atoms with E-state index in [-0.39, 0.29) is 42.3 Å². The molecule has 194 valence electrons. The van der Waals surface area contributed by atoms with Crippen molar-refractivity contribution in [3.05, 3.63) is 18.2 Å². The number of carbonyl (C=O) groups is 2. The van der Waals surface area contributed by atoms with Gasteiger partial charge in [-0.05, 0) is 38.3 Å². The molecule has 1 aromatic rings. The number of hydrogen-bond acceptors (Lipinski definition) is 9. The minimum Gasteiger partial charge on any atom is -0.486 e. The molecule has 3 heterocycles. The van der Waals surface area contributed by atoms with Crippen molar-refractivity contribution in [3.63, 3.8) is 0 Å². The molecule has 1 aromatic carbocycles. The lowest BCUT2D eigenvalue weighted by atomic mass is 9.98.